The monoisotopic (exact) mass is 289 g/mol. The number of aryl methyl sites for hydroxylation is 1. The summed E-state index contributed by atoms with van der Waals surface area (Å²) in [7, 11) is 3.27. The lowest BCUT2D eigenvalue weighted by Crippen LogP contribution is -2.36. The Morgan fingerprint density at radius 1 is 1.33 bits per heavy atom. The molecular weight excluding hydrogens is 266 g/mol. The van der Waals surface area contributed by atoms with Gasteiger partial charge in [0.15, 0.2) is 0 Å². The largest absolute Gasteiger partial charge is 0.465 e. The van der Waals surface area contributed by atoms with Crippen LogP contribution in [0.15, 0.2) is 18.2 Å². The van der Waals surface area contributed by atoms with Gasteiger partial charge in [0.25, 0.3) is 0 Å². The van der Waals surface area contributed by atoms with Gasteiger partial charge in [0.2, 0.25) is 5.91 Å². The van der Waals surface area contributed by atoms with E-state index in [0.717, 1.165) is 32.2 Å². The van der Waals surface area contributed by atoms with Crippen LogP contribution < -0.4 is 0 Å². The quantitative estimate of drug-likeness (QED) is 0.800. The summed E-state index contributed by atoms with van der Waals surface area (Å²) in [4.78, 5) is 25.8. The second-order valence-corrected chi connectivity index (χ2v) is 5.67. The predicted octanol–water partition coefficient (Wildman–Crippen LogP) is 2.45. The molecule has 1 aromatic carbocycles. The molecule has 0 aromatic heterocycles. The molecule has 0 fully saturated rings. The Labute approximate surface area is 126 Å². The molecule has 0 heterocycles. The molecule has 1 aromatic rings. The zero-order chi connectivity index (χ0) is 15.4. The first kappa shape index (κ1) is 15.5. The van der Waals surface area contributed by atoms with Gasteiger partial charge in [0.05, 0.1) is 12.7 Å². The van der Waals surface area contributed by atoms with E-state index in [4.69, 9.17) is 4.74 Å². The SMILES string of the molecule is CCCN(C)C(=O)C1CCc2cc(C(=O)OC)ccc2C1. The Morgan fingerprint density at radius 2 is 2.10 bits per heavy atom. The summed E-state index contributed by atoms with van der Waals surface area (Å²) in [5.74, 6) is -0.00347. The molecular formula is C17H23NO3. The smallest absolute Gasteiger partial charge is 0.337 e. The first-order valence-corrected chi connectivity index (χ1v) is 7.52. The van der Waals surface area contributed by atoms with Crippen LogP contribution in [-0.2, 0) is 22.4 Å². The van der Waals surface area contributed by atoms with Gasteiger partial charge in [-0.05, 0) is 48.9 Å². The third-order valence-corrected chi connectivity index (χ3v) is 4.14. The van der Waals surface area contributed by atoms with Crippen molar-refractivity contribution in [2.45, 2.75) is 32.6 Å². The number of benzene rings is 1. The van der Waals surface area contributed by atoms with Crippen molar-refractivity contribution in [1.29, 1.82) is 0 Å². The molecule has 114 valence electrons. The Hall–Kier alpha value is -1.84. The van der Waals surface area contributed by atoms with Gasteiger partial charge in [0, 0.05) is 19.5 Å². The van der Waals surface area contributed by atoms with Crippen LogP contribution in [0.3, 0.4) is 0 Å². The van der Waals surface area contributed by atoms with Gasteiger partial charge in [-0.1, -0.05) is 13.0 Å². The van der Waals surface area contributed by atoms with E-state index in [0.29, 0.717) is 5.56 Å². The van der Waals surface area contributed by atoms with Crippen LogP contribution >= 0.6 is 0 Å². The van der Waals surface area contributed by atoms with Crippen LogP contribution in [0.5, 0.6) is 0 Å². The minimum atomic E-state index is -0.307. The number of carbonyl (C=O) groups excluding carboxylic acids is 2. The Balaban J connectivity index is 2.11. The summed E-state index contributed by atoms with van der Waals surface area (Å²) >= 11 is 0. The highest BCUT2D eigenvalue weighted by molar-refractivity contribution is 5.89. The fourth-order valence-corrected chi connectivity index (χ4v) is 2.97. The van der Waals surface area contributed by atoms with Crippen LogP contribution in [0.2, 0.25) is 0 Å². The minimum absolute atomic E-state index is 0.0676. The summed E-state index contributed by atoms with van der Waals surface area (Å²) in [5, 5.41) is 0. The molecule has 0 radical (unpaired) electrons. The number of carbonyl (C=O) groups is 2. The van der Waals surface area contributed by atoms with Gasteiger partial charge >= 0.3 is 5.97 Å². The van der Waals surface area contributed by atoms with Crippen molar-refractivity contribution in [1.82, 2.24) is 4.90 Å². The number of rotatable bonds is 4. The number of hydrogen-bond donors (Lipinski definition) is 0. The van der Waals surface area contributed by atoms with E-state index in [9.17, 15) is 9.59 Å². The number of amides is 1. The van der Waals surface area contributed by atoms with E-state index in [1.165, 1.54) is 18.2 Å². The third kappa shape index (κ3) is 3.43. The molecule has 0 bridgehead atoms. The van der Waals surface area contributed by atoms with E-state index < -0.39 is 0 Å². The maximum absolute atomic E-state index is 12.4. The molecule has 0 spiro atoms. The lowest BCUT2D eigenvalue weighted by Gasteiger charge is -2.28. The topological polar surface area (TPSA) is 46.6 Å². The molecule has 21 heavy (non-hydrogen) atoms. The standard InChI is InChI=1S/C17H23NO3/c1-4-9-18(2)16(19)14-7-5-13-11-15(17(20)21-3)8-6-12(13)10-14/h6,8,11,14H,4-5,7,9-10H2,1-3H3. The number of ether oxygens (including phenoxy) is 1. The van der Waals surface area contributed by atoms with Crippen molar-refractivity contribution in [2.24, 2.45) is 5.92 Å². The maximum Gasteiger partial charge on any atom is 0.337 e. The van der Waals surface area contributed by atoms with Gasteiger partial charge < -0.3 is 9.64 Å². The number of hydrogen-bond acceptors (Lipinski definition) is 3. The number of methoxy groups -OCH3 is 1. The average molecular weight is 289 g/mol. The normalized spacial score (nSPS) is 17.0. The van der Waals surface area contributed by atoms with E-state index in [2.05, 4.69) is 6.92 Å². The van der Waals surface area contributed by atoms with Gasteiger partial charge in [-0.2, -0.15) is 0 Å². The molecule has 0 saturated carbocycles. The highest BCUT2D eigenvalue weighted by Crippen LogP contribution is 2.27. The molecule has 1 atom stereocenters. The maximum atomic E-state index is 12.4. The van der Waals surface area contributed by atoms with Crippen LogP contribution in [0.25, 0.3) is 0 Å². The van der Waals surface area contributed by atoms with Crippen LogP contribution in [-0.4, -0.2) is 37.5 Å². The van der Waals surface area contributed by atoms with Gasteiger partial charge in [-0.15, -0.1) is 0 Å². The molecule has 4 nitrogen and oxygen atoms in total. The Morgan fingerprint density at radius 3 is 2.76 bits per heavy atom. The Bertz CT molecular complexity index is 539. The molecule has 0 aliphatic heterocycles. The average Bonchev–Trinajstić information content (AvgIpc) is 2.52. The first-order chi connectivity index (χ1) is 10.1. The van der Waals surface area contributed by atoms with Crippen LogP contribution in [0, 0.1) is 5.92 Å². The van der Waals surface area contributed by atoms with Crippen LogP contribution in [0.1, 0.15) is 41.3 Å². The van der Waals surface area contributed by atoms with Crippen LogP contribution in [0.4, 0.5) is 0 Å². The van der Waals surface area contributed by atoms with Crippen molar-refractivity contribution < 1.29 is 14.3 Å². The van der Waals surface area contributed by atoms with Gasteiger partial charge in [-0.25, -0.2) is 4.79 Å². The number of fused-ring (bicyclic) bond motifs is 1. The highest BCUT2D eigenvalue weighted by Gasteiger charge is 2.27. The molecule has 1 unspecified atom stereocenters. The minimum Gasteiger partial charge on any atom is -0.465 e. The molecule has 4 heteroatoms. The van der Waals surface area contributed by atoms with Gasteiger partial charge in [-0.3, -0.25) is 4.79 Å². The predicted molar refractivity (Wildman–Crippen MR) is 81.2 cm³/mol. The lowest BCUT2D eigenvalue weighted by atomic mass is 9.82. The van der Waals surface area contributed by atoms with Crippen molar-refractivity contribution in [3.05, 3.63) is 34.9 Å². The van der Waals surface area contributed by atoms with Crippen molar-refractivity contribution in [3.8, 4) is 0 Å². The summed E-state index contributed by atoms with van der Waals surface area (Å²) in [6, 6.07) is 5.64. The second-order valence-electron chi connectivity index (χ2n) is 5.67. The first-order valence-electron chi connectivity index (χ1n) is 7.52. The fraction of sp³-hybridized carbons (Fsp3) is 0.529. The van der Waals surface area contributed by atoms with E-state index in [-0.39, 0.29) is 17.8 Å². The third-order valence-electron chi connectivity index (χ3n) is 4.14. The van der Waals surface area contributed by atoms with Crippen molar-refractivity contribution >= 4 is 11.9 Å². The molecule has 0 N–H and O–H groups in total. The highest BCUT2D eigenvalue weighted by atomic mass is 16.5. The Kier molecular flexibility index (Phi) is 4.99. The molecule has 2 rings (SSSR count). The molecule has 0 saturated heterocycles. The molecule has 1 aliphatic carbocycles. The number of nitrogens with zero attached hydrogens (tertiary/aromatic N) is 1. The summed E-state index contributed by atoms with van der Waals surface area (Å²) in [6.45, 7) is 2.89. The van der Waals surface area contributed by atoms with E-state index in [1.54, 1.807) is 6.07 Å². The molecule has 1 amide bonds. The zero-order valence-corrected chi connectivity index (χ0v) is 13.0. The zero-order valence-electron chi connectivity index (χ0n) is 13.0. The second kappa shape index (κ2) is 6.74. The van der Waals surface area contributed by atoms with E-state index >= 15 is 0 Å². The van der Waals surface area contributed by atoms with Crippen molar-refractivity contribution in [2.75, 3.05) is 20.7 Å². The molecule has 1 aliphatic rings. The fourth-order valence-electron chi connectivity index (χ4n) is 2.97. The summed E-state index contributed by atoms with van der Waals surface area (Å²) in [6.07, 6.45) is 3.44. The summed E-state index contributed by atoms with van der Waals surface area (Å²) < 4.78 is 4.75. The van der Waals surface area contributed by atoms with E-state index in [1.807, 2.05) is 24.1 Å². The van der Waals surface area contributed by atoms with Crippen molar-refractivity contribution in [3.63, 3.8) is 0 Å². The lowest BCUT2D eigenvalue weighted by molar-refractivity contribution is -0.134. The summed E-state index contributed by atoms with van der Waals surface area (Å²) in [5.41, 5.74) is 2.93. The van der Waals surface area contributed by atoms with Gasteiger partial charge in [0.1, 0.15) is 0 Å². The number of esters is 1.